The summed E-state index contributed by atoms with van der Waals surface area (Å²) in [5.74, 6) is 7.11. The van der Waals surface area contributed by atoms with Crippen LogP contribution in [0.15, 0.2) is 72.8 Å². The van der Waals surface area contributed by atoms with Crippen molar-refractivity contribution >= 4 is 0 Å². The predicted molar refractivity (Wildman–Crippen MR) is 102 cm³/mol. The molecular weight excluding hydrogens is 306 g/mol. The maximum absolute atomic E-state index is 5.86. The van der Waals surface area contributed by atoms with Crippen molar-refractivity contribution in [2.45, 2.75) is 19.8 Å². The van der Waals surface area contributed by atoms with E-state index in [2.05, 4.69) is 41.1 Å². The molecule has 3 rings (SSSR count). The summed E-state index contributed by atoms with van der Waals surface area (Å²) in [5, 5.41) is 0. The number of nitrogens with zero attached hydrogens (tertiary/aromatic N) is 1. The van der Waals surface area contributed by atoms with Crippen LogP contribution in [0, 0.1) is 18.8 Å². The molecule has 0 radical (unpaired) electrons. The maximum Gasteiger partial charge on any atom is 0.120 e. The van der Waals surface area contributed by atoms with E-state index in [4.69, 9.17) is 4.74 Å². The van der Waals surface area contributed by atoms with Crippen molar-refractivity contribution in [3.8, 4) is 17.6 Å². The summed E-state index contributed by atoms with van der Waals surface area (Å²) in [6.45, 7) is 2.67. The summed E-state index contributed by atoms with van der Waals surface area (Å²) in [6.07, 6.45) is 2.02. The molecule has 124 valence electrons. The molecule has 0 fully saturated rings. The van der Waals surface area contributed by atoms with Crippen molar-refractivity contribution in [2.24, 2.45) is 0 Å². The van der Waals surface area contributed by atoms with Crippen LogP contribution < -0.4 is 4.74 Å². The van der Waals surface area contributed by atoms with Gasteiger partial charge in [-0.2, -0.15) is 0 Å². The van der Waals surface area contributed by atoms with Gasteiger partial charge >= 0.3 is 0 Å². The highest BCUT2D eigenvalue weighted by molar-refractivity contribution is 5.43. The third kappa shape index (κ3) is 5.51. The highest BCUT2D eigenvalue weighted by Crippen LogP contribution is 2.13. The second-order valence-electron chi connectivity index (χ2n) is 5.88. The molecule has 3 aromatic rings. The Bertz CT molecular complexity index is 875. The van der Waals surface area contributed by atoms with Gasteiger partial charge in [0.15, 0.2) is 0 Å². The SMILES string of the molecule is Cc1cccc(C#Cc2cccc(OCCCc3ccccc3)c2)n1. The first kappa shape index (κ1) is 16.8. The first-order valence-electron chi connectivity index (χ1n) is 8.52. The molecule has 0 unspecified atom stereocenters. The van der Waals surface area contributed by atoms with E-state index in [1.807, 2.05) is 55.5 Å². The Kier molecular flexibility index (Phi) is 5.85. The average molecular weight is 327 g/mol. The molecule has 0 N–H and O–H groups in total. The van der Waals surface area contributed by atoms with Crippen molar-refractivity contribution in [1.82, 2.24) is 4.98 Å². The van der Waals surface area contributed by atoms with Crippen LogP contribution >= 0.6 is 0 Å². The number of hydrogen-bond acceptors (Lipinski definition) is 2. The zero-order valence-corrected chi connectivity index (χ0v) is 14.4. The number of aryl methyl sites for hydroxylation is 2. The molecule has 2 aromatic carbocycles. The Morgan fingerprint density at radius 3 is 2.56 bits per heavy atom. The van der Waals surface area contributed by atoms with Crippen LogP contribution in [-0.2, 0) is 6.42 Å². The molecule has 0 saturated heterocycles. The highest BCUT2D eigenvalue weighted by atomic mass is 16.5. The molecule has 0 aliphatic rings. The molecule has 1 heterocycles. The fourth-order valence-electron chi connectivity index (χ4n) is 2.52. The summed E-state index contributed by atoms with van der Waals surface area (Å²) in [6, 6.07) is 24.2. The molecule has 0 aliphatic heterocycles. The number of hydrogen-bond donors (Lipinski definition) is 0. The fourth-order valence-corrected chi connectivity index (χ4v) is 2.52. The summed E-state index contributed by atoms with van der Waals surface area (Å²) in [7, 11) is 0. The maximum atomic E-state index is 5.86. The van der Waals surface area contributed by atoms with Gasteiger partial charge in [-0.3, -0.25) is 0 Å². The summed E-state index contributed by atoms with van der Waals surface area (Å²) < 4.78 is 5.86. The Hall–Kier alpha value is -3.05. The van der Waals surface area contributed by atoms with Crippen molar-refractivity contribution in [1.29, 1.82) is 0 Å². The number of aromatic nitrogens is 1. The number of rotatable bonds is 5. The van der Waals surface area contributed by atoms with Gasteiger partial charge in [0.25, 0.3) is 0 Å². The lowest BCUT2D eigenvalue weighted by molar-refractivity contribution is 0.311. The highest BCUT2D eigenvalue weighted by Gasteiger charge is 1.97. The molecule has 0 atom stereocenters. The van der Waals surface area contributed by atoms with Gasteiger partial charge in [0.2, 0.25) is 0 Å². The molecule has 0 aliphatic carbocycles. The van der Waals surface area contributed by atoms with Gasteiger partial charge in [-0.25, -0.2) is 4.98 Å². The minimum absolute atomic E-state index is 0.700. The van der Waals surface area contributed by atoms with Crippen molar-refractivity contribution < 1.29 is 4.74 Å². The van der Waals surface area contributed by atoms with E-state index in [9.17, 15) is 0 Å². The van der Waals surface area contributed by atoms with Gasteiger partial charge < -0.3 is 4.74 Å². The van der Waals surface area contributed by atoms with E-state index in [1.54, 1.807) is 0 Å². The third-order valence-electron chi connectivity index (χ3n) is 3.78. The van der Waals surface area contributed by atoms with Crippen LogP contribution in [0.5, 0.6) is 5.75 Å². The van der Waals surface area contributed by atoms with Gasteiger partial charge in [0.1, 0.15) is 11.4 Å². The molecule has 2 nitrogen and oxygen atoms in total. The zero-order valence-electron chi connectivity index (χ0n) is 14.4. The molecule has 25 heavy (non-hydrogen) atoms. The molecule has 0 bridgehead atoms. The van der Waals surface area contributed by atoms with E-state index in [-0.39, 0.29) is 0 Å². The number of pyridine rings is 1. The predicted octanol–water partition coefficient (Wildman–Crippen LogP) is 4.80. The summed E-state index contributed by atoms with van der Waals surface area (Å²) >= 11 is 0. The average Bonchev–Trinajstić information content (AvgIpc) is 2.65. The van der Waals surface area contributed by atoms with Crippen molar-refractivity contribution in [3.63, 3.8) is 0 Å². The monoisotopic (exact) mass is 327 g/mol. The van der Waals surface area contributed by atoms with Gasteiger partial charge in [0.05, 0.1) is 6.61 Å². The van der Waals surface area contributed by atoms with Crippen LogP contribution in [0.4, 0.5) is 0 Å². The Morgan fingerprint density at radius 2 is 1.72 bits per heavy atom. The van der Waals surface area contributed by atoms with Crippen LogP contribution in [-0.4, -0.2) is 11.6 Å². The topological polar surface area (TPSA) is 22.1 Å². The van der Waals surface area contributed by atoms with E-state index in [1.165, 1.54) is 5.56 Å². The van der Waals surface area contributed by atoms with Crippen LogP contribution in [0.3, 0.4) is 0 Å². The van der Waals surface area contributed by atoms with Gasteiger partial charge in [-0.15, -0.1) is 0 Å². The minimum atomic E-state index is 0.700. The van der Waals surface area contributed by atoms with E-state index < -0.39 is 0 Å². The third-order valence-corrected chi connectivity index (χ3v) is 3.78. The van der Waals surface area contributed by atoms with Gasteiger partial charge in [-0.05, 0) is 61.6 Å². The van der Waals surface area contributed by atoms with Gasteiger partial charge in [0, 0.05) is 11.3 Å². The molecule has 0 saturated carbocycles. The van der Waals surface area contributed by atoms with E-state index >= 15 is 0 Å². The summed E-state index contributed by atoms with van der Waals surface area (Å²) in [4.78, 5) is 4.40. The van der Waals surface area contributed by atoms with Crippen molar-refractivity contribution in [2.75, 3.05) is 6.61 Å². The molecule has 2 heteroatoms. The van der Waals surface area contributed by atoms with Crippen molar-refractivity contribution in [3.05, 3.63) is 95.3 Å². The quantitative estimate of drug-likeness (QED) is 0.496. The molecule has 1 aromatic heterocycles. The minimum Gasteiger partial charge on any atom is -0.494 e. The van der Waals surface area contributed by atoms with Crippen LogP contribution in [0.25, 0.3) is 0 Å². The molecule has 0 spiro atoms. The normalized spacial score (nSPS) is 9.96. The van der Waals surface area contributed by atoms with Crippen LogP contribution in [0.1, 0.15) is 28.9 Å². The Labute approximate surface area is 149 Å². The zero-order chi connectivity index (χ0) is 17.3. The van der Waals surface area contributed by atoms with Crippen LogP contribution in [0.2, 0.25) is 0 Å². The first-order chi connectivity index (χ1) is 12.3. The lowest BCUT2D eigenvalue weighted by Gasteiger charge is -2.06. The number of ether oxygens (including phenoxy) is 1. The Morgan fingerprint density at radius 1 is 0.880 bits per heavy atom. The first-order valence-corrected chi connectivity index (χ1v) is 8.52. The molecular formula is C23H21NO. The fraction of sp³-hybridized carbons (Fsp3) is 0.174. The second kappa shape index (κ2) is 8.70. The lowest BCUT2D eigenvalue weighted by atomic mass is 10.1. The Balaban J connectivity index is 1.55. The smallest absolute Gasteiger partial charge is 0.120 e. The standard InChI is InChI=1S/C23H21NO/c1-19-8-5-13-22(24-19)16-15-21-11-6-14-23(18-21)25-17-7-12-20-9-3-2-4-10-20/h2-6,8-11,13-14,18H,7,12,17H2,1H3. The van der Waals surface area contributed by atoms with Gasteiger partial charge in [-0.1, -0.05) is 48.4 Å². The number of benzene rings is 2. The van der Waals surface area contributed by atoms with E-state index in [0.717, 1.165) is 35.5 Å². The lowest BCUT2D eigenvalue weighted by Crippen LogP contribution is -1.99. The van der Waals surface area contributed by atoms with E-state index in [0.29, 0.717) is 6.61 Å². The second-order valence-corrected chi connectivity index (χ2v) is 5.88. The molecule has 0 amide bonds. The summed E-state index contributed by atoms with van der Waals surface area (Å²) in [5.41, 5.74) is 4.04. The largest absolute Gasteiger partial charge is 0.494 e.